The zero-order valence-electron chi connectivity index (χ0n) is 10.9. The molecule has 3 heteroatoms. The Bertz CT molecular complexity index is 352. The summed E-state index contributed by atoms with van der Waals surface area (Å²) in [6.45, 7) is 4.65. The van der Waals surface area contributed by atoms with Crippen LogP contribution in [0.15, 0.2) is 18.2 Å². The lowest BCUT2D eigenvalue weighted by atomic mass is 10.0. The average molecular weight is 235 g/mol. The van der Waals surface area contributed by atoms with Crippen molar-refractivity contribution in [1.29, 1.82) is 0 Å². The summed E-state index contributed by atoms with van der Waals surface area (Å²) in [4.78, 5) is 11.7. The number of hydrogen-bond acceptors (Lipinski definition) is 2. The minimum atomic E-state index is 0.0162. The second kappa shape index (κ2) is 7.07. The number of rotatable bonds is 6. The minimum absolute atomic E-state index is 0.0162. The SMILES string of the molecule is CCc1cccc(CC)c1NC(=O)CCOC. The first-order valence-electron chi connectivity index (χ1n) is 6.12. The molecule has 0 fully saturated rings. The Morgan fingerprint density at radius 3 is 2.29 bits per heavy atom. The third-order valence-electron chi connectivity index (χ3n) is 2.80. The molecule has 1 amide bonds. The van der Waals surface area contributed by atoms with E-state index < -0.39 is 0 Å². The van der Waals surface area contributed by atoms with Crippen LogP contribution >= 0.6 is 0 Å². The number of aryl methyl sites for hydroxylation is 2. The van der Waals surface area contributed by atoms with Gasteiger partial charge in [-0.25, -0.2) is 0 Å². The Balaban J connectivity index is 2.83. The summed E-state index contributed by atoms with van der Waals surface area (Å²) >= 11 is 0. The number of ether oxygens (including phenoxy) is 1. The van der Waals surface area contributed by atoms with Gasteiger partial charge in [-0.15, -0.1) is 0 Å². The average Bonchev–Trinajstić information content (AvgIpc) is 2.36. The number of hydrogen-bond donors (Lipinski definition) is 1. The normalized spacial score (nSPS) is 10.3. The van der Waals surface area contributed by atoms with Crippen LogP contribution in [0.4, 0.5) is 5.69 Å². The fraction of sp³-hybridized carbons (Fsp3) is 0.500. The van der Waals surface area contributed by atoms with Crippen molar-refractivity contribution in [3.8, 4) is 0 Å². The molecule has 3 nitrogen and oxygen atoms in total. The molecule has 1 aromatic rings. The third kappa shape index (κ3) is 3.86. The first kappa shape index (κ1) is 13.7. The monoisotopic (exact) mass is 235 g/mol. The molecule has 1 N–H and O–H groups in total. The number of methoxy groups -OCH3 is 1. The van der Waals surface area contributed by atoms with Crippen LogP contribution in [0.3, 0.4) is 0 Å². The van der Waals surface area contributed by atoms with Gasteiger partial charge in [0.2, 0.25) is 5.91 Å². The highest BCUT2D eigenvalue weighted by molar-refractivity contribution is 5.92. The zero-order chi connectivity index (χ0) is 12.7. The van der Waals surface area contributed by atoms with E-state index in [9.17, 15) is 4.79 Å². The molecular formula is C14H21NO2. The molecule has 0 saturated heterocycles. The second-order valence-electron chi connectivity index (χ2n) is 3.95. The van der Waals surface area contributed by atoms with Crippen molar-refractivity contribution in [3.63, 3.8) is 0 Å². The van der Waals surface area contributed by atoms with Crippen LogP contribution in [-0.2, 0) is 22.4 Å². The Morgan fingerprint density at radius 2 is 1.82 bits per heavy atom. The first-order valence-corrected chi connectivity index (χ1v) is 6.12. The number of benzene rings is 1. The van der Waals surface area contributed by atoms with E-state index in [4.69, 9.17) is 4.74 Å². The van der Waals surface area contributed by atoms with Gasteiger partial charge in [0.05, 0.1) is 13.0 Å². The fourth-order valence-corrected chi connectivity index (χ4v) is 1.80. The van der Waals surface area contributed by atoms with Gasteiger partial charge in [0.25, 0.3) is 0 Å². The largest absolute Gasteiger partial charge is 0.384 e. The van der Waals surface area contributed by atoms with E-state index in [0.717, 1.165) is 18.5 Å². The van der Waals surface area contributed by atoms with Crippen LogP contribution in [-0.4, -0.2) is 19.6 Å². The highest BCUT2D eigenvalue weighted by atomic mass is 16.5. The van der Waals surface area contributed by atoms with Gasteiger partial charge in [-0.3, -0.25) is 4.79 Å². The maximum absolute atomic E-state index is 11.7. The molecule has 0 aliphatic rings. The van der Waals surface area contributed by atoms with E-state index in [0.29, 0.717) is 13.0 Å². The predicted octanol–water partition coefficient (Wildman–Crippen LogP) is 2.79. The van der Waals surface area contributed by atoms with Gasteiger partial charge < -0.3 is 10.1 Å². The molecule has 0 spiro atoms. The van der Waals surface area contributed by atoms with E-state index in [1.165, 1.54) is 11.1 Å². The van der Waals surface area contributed by atoms with E-state index in [1.807, 2.05) is 6.07 Å². The summed E-state index contributed by atoms with van der Waals surface area (Å²) in [6.07, 6.45) is 2.25. The first-order chi connectivity index (χ1) is 8.22. The topological polar surface area (TPSA) is 38.3 Å². The maximum atomic E-state index is 11.7. The lowest BCUT2D eigenvalue weighted by Gasteiger charge is -2.14. The standard InChI is InChI=1S/C14H21NO2/c1-4-11-7-6-8-12(5-2)14(11)15-13(16)9-10-17-3/h6-8H,4-5,9-10H2,1-3H3,(H,15,16). The van der Waals surface area contributed by atoms with E-state index in [-0.39, 0.29) is 5.91 Å². The molecule has 94 valence electrons. The van der Waals surface area contributed by atoms with Crippen LogP contribution < -0.4 is 5.32 Å². The maximum Gasteiger partial charge on any atom is 0.226 e. The summed E-state index contributed by atoms with van der Waals surface area (Å²) in [5.74, 6) is 0.0162. The van der Waals surface area contributed by atoms with Crippen molar-refractivity contribution >= 4 is 11.6 Å². The molecule has 17 heavy (non-hydrogen) atoms. The lowest BCUT2D eigenvalue weighted by molar-refractivity contribution is -0.117. The van der Waals surface area contributed by atoms with Crippen LogP contribution in [0.2, 0.25) is 0 Å². The number of carbonyl (C=O) groups is 1. The van der Waals surface area contributed by atoms with E-state index >= 15 is 0 Å². The summed E-state index contributed by atoms with van der Waals surface area (Å²) < 4.78 is 4.90. The van der Waals surface area contributed by atoms with E-state index in [1.54, 1.807) is 7.11 Å². The van der Waals surface area contributed by atoms with Crippen molar-refractivity contribution in [1.82, 2.24) is 0 Å². The molecule has 0 bridgehead atoms. The van der Waals surface area contributed by atoms with Gasteiger partial charge in [0, 0.05) is 12.8 Å². The Hall–Kier alpha value is -1.35. The van der Waals surface area contributed by atoms with Gasteiger partial charge in [-0.1, -0.05) is 32.0 Å². The predicted molar refractivity (Wildman–Crippen MR) is 70.3 cm³/mol. The molecule has 0 aromatic heterocycles. The molecule has 0 saturated carbocycles. The minimum Gasteiger partial charge on any atom is -0.384 e. The summed E-state index contributed by atoms with van der Waals surface area (Å²) in [7, 11) is 1.60. The Morgan fingerprint density at radius 1 is 1.24 bits per heavy atom. The quantitative estimate of drug-likeness (QED) is 0.823. The van der Waals surface area contributed by atoms with Gasteiger partial charge in [-0.2, -0.15) is 0 Å². The second-order valence-corrected chi connectivity index (χ2v) is 3.95. The molecule has 0 aliphatic heterocycles. The fourth-order valence-electron chi connectivity index (χ4n) is 1.80. The lowest BCUT2D eigenvalue weighted by Crippen LogP contribution is -2.16. The van der Waals surface area contributed by atoms with Gasteiger partial charge in [-0.05, 0) is 24.0 Å². The third-order valence-corrected chi connectivity index (χ3v) is 2.80. The van der Waals surface area contributed by atoms with Crippen LogP contribution in [0.5, 0.6) is 0 Å². The molecule has 0 radical (unpaired) electrons. The van der Waals surface area contributed by atoms with Crippen molar-refractivity contribution < 1.29 is 9.53 Å². The Kier molecular flexibility index (Phi) is 5.70. The van der Waals surface area contributed by atoms with Crippen LogP contribution in [0.1, 0.15) is 31.4 Å². The van der Waals surface area contributed by atoms with Crippen molar-refractivity contribution in [2.24, 2.45) is 0 Å². The van der Waals surface area contributed by atoms with Gasteiger partial charge in [0.15, 0.2) is 0 Å². The van der Waals surface area contributed by atoms with E-state index in [2.05, 4.69) is 31.3 Å². The molecule has 1 aromatic carbocycles. The molecule has 0 atom stereocenters. The van der Waals surface area contributed by atoms with Crippen LogP contribution in [0.25, 0.3) is 0 Å². The molecule has 0 heterocycles. The smallest absolute Gasteiger partial charge is 0.226 e. The summed E-state index contributed by atoms with van der Waals surface area (Å²) in [5.41, 5.74) is 3.36. The van der Waals surface area contributed by atoms with Crippen molar-refractivity contribution in [3.05, 3.63) is 29.3 Å². The highest BCUT2D eigenvalue weighted by Crippen LogP contribution is 2.22. The number of anilines is 1. The number of amides is 1. The Labute approximate surface area is 103 Å². The number of carbonyl (C=O) groups excluding carboxylic acids is 1. The number of nitrogens with one attached hydrogen (secondary N) is 1. The van der Waals surface area contributed by atoms with Gasteiger partial charge in [0.1, 0.15) is 0 Å². The van der Waals surface area contributed by atoms with Crippen molar-refractivity contribution in [2.45, 2.75) is 33.1 Å². The molecule has 0 aliphatic carbocycles. The molecular weight excluding hydrogens is 214 g/mol. The van der Waals surface area contributed by atoms with Crippen molar-refractivity contribution in [2.75, 3.05) is 19.0 Å². The molecule has 0 unspecified atom stereocenters. The zero-order valence-corrected chi connectivity index (χ0v) is 10.9. The summed E-state index contributed by atoms with van der Waals surface area (Å²) in [6, 6.07) is 6.17. The van der Waals surface area contributed by atoms with Gasteiger partial charge >= 0.3 is 0 Å². The number of para-hydroxylation sites is 1. The molecule has 1 rings (SSSR count). The highest BCUT2D eigenvalue weighted by Gasteiger charge is 2.09. The summed E-state index contributed by atoms with van der Waals surface area (Å²) in [5, 5.41) is 3.00. The van der Waals surface area contributed by atoms with Crippen LogP contribution in [0, 0.1) is 0 Å².